The summed E-state index contributed by atoms with van der Waals surface area (Å²) in [6.45, 7) is 0. The monoisotopic (exact) mass is 349 g/mol. The Morgan fingerprint density at radius 3 is 2.81 bits per heavy atom. The Bertz CT molecular complexity index is 955. The topological polar surface area (TPSA) is 114 Å². The zero-order chi connectivity index (χ0) is 18.1. The van der Waals surface area contributed by atoms with E-state index in [9.17, 15) is 9.90 Å². The molecule has 1 saturated carbocycles. The molecule has 1 aliphatic carbocycles. The molecule has 0 radical (unpaired) electrons. The summed E-state index contributed by atoms with van der Waals surface area (Å²) in [6, 6.07) is 9.93. The van der Waals surface area contributed by atoms with Crippen LogP contribution in [0.25, 0.3) is 10.9 Å². The fourth-order valence-corrected chi connectivity index (χ4v) is 3.35. The minimum absolute atomic E-state index is 0.0899. The van der Waals surface area contributed by atoms with Gasteiger partial charge in [0.2, 0.25) is 0 Å². The lowest BCUT2D eigenvalue weighted by atomic mass is 9.75. The Labute approximate surface area is 150 Å². The van der Waals surface area contributed by atoms with Crippen molar-refractivity contribution in [2.45, 2.75) is 25.0 Å². The number of aliphatic hydroxyl groups is 1. The smallest absolute Gasteiger partial charge is 0.268 e. The molecule has 0 unspecified atom stereocenters. The highest BCUT2D eigenvalue weighted by Gasteiger charge is 2.35. The predicted molar refractivity (Wildman–Crippen MR) is 97.4 cm³/mol. The number of rotatable bonds is 5. The van der Waals surface area contributed by atoms with Gasteiger partial charge in [-0.15, -0.1) is 0 Å². The SMILES string of the molecule is NC(=O)c1cncc(N[C@H](c2cnc3ccccc3c2)C2CC(O)C2)n1. The van der Waals surface area contributed by atoms with Crippen LogP contribution in [0.5, 0.6) is 0 Å². The Morgan fingerprint density at radius 1 is 1.23 bits per heavy atom. The summed E-state index contributed by atoms with van der Waals surface area (Å²) >= 11 is 0. The van der Waals surface area contributed by atoms with Crippen LogP contribution in [-0.4, -0.2) is 32.1 Å². The normalized spacial score (nSPS) is 20.3. The van der Waals surface area contributed by atoms with Crippen LogP contribution < -0.4 is 11.1 Å². The molecule has 7 heteroatoms. The Balaban J connectivity index is 1.67. The summed E-state index contributed by atoms with van der Waals surface area (Å²) in [5.41, 5.74) is 7.34. The van der Waals surface area contributed by atoms with Crippen LogP contribution in [0.1, 0.15) is 34.9 Å². The quantitative estimate of drug-likeness (QED) is 0.649. The van der Waals surface area contributed by atoms with Gasteiger partial charge < -0.3 is 16.2 Å². The van der Waals surface area contributed by atoms with Gasteiger partial charge in [-0.05, 0) is 36.5 Å². The molecule has 4 N–H and O–H groups in total. The second-order valence-corrected chi connectivity index (χ2v) is 6.62. The van der Waals surface area contributed by atoms with E-state index in [1.165, 1.54) is 6.20 Å². The van der Waals surface area contributed by atoms with Crippen LogP contribution >= 0.6 is 0 Å². The van der Waals surface area contributed by atoms with Gasteiger partial charge in [0.15, 0.2) is 0 Å². The standard InChI is InChI=1S/C19H19N5O2/c20-19(26)16-9-21-10-17(23-16)24-18(12-6-14(25)7-12)13-5-11-3-1-2-4-15(11)22-8-13/h1-5,8-10,12,14,18,25H,6-7H2,(H2,20,26)(H,23,24)/t12?,14?,18-/m0/s1. The van der Waals surface area contributed by atoms with Crippen molar-refractivity contribution in [3.05, 3.63) is 60.2 Å². The van der Waals surface area contributed by atoms with E-state index in [2.05, 4.69) is 26.3 Å². The van der Waals surface area contributed by atoms with Crippen molar-refractivity contribution in [3.63, 3.8) is 0 Å². The highest BCUT2D eigenvalue weighted by atomic mass is 16.3. The molecule has 1 amide bonds. The fourth-order valence-electron chi connectivity index (χ4n) is 3.35. The van der Waals surface area contributed by atoms with E-state index in [1.807, 2.05) is 30.5 Å². The lowest BCUT2D eigenvalue weighted by Gasteiger charge is -2.38. The molecule has 0 aliphatic heterocycles. The van der Waals surface area contributed by atoms with Crippen LogP contribution in [0.3, 0.4) is 0 Å². The number of carbonyl (C=O) groups is 1. The first-order valence-electron chi connectivity index (χ1n) is 8.51. The molecule has 0 spiro atoms. The average molecular weight is 349 g/mol. The van der Waals surface area contributed by atoms with Gasteiger partial charge in [-0.1, -0.05) is 18.2 Å². The summed E-state index contributed by atoms with van der Waals surface area (Å²) in [7, 11) is 0. The first-order valence-corrected chi connectivity index (χ1v) is 8.51. The lowest BCUT2D eigenvalue weighted by Crippen LogP contribution is -2.36. The number of nitrogens with two attached hydrogens (primary N) is 1. The third-order valence-corrected chi connectivity index (χ3v) is 4.78. The molecule has 3 aromatic rings. The second kappa shape index (κ2) is 6.68. The van der Waals surface area contributed by atoms with Crippen molar-refractivity contribution < 1.29 is 9.90 Å². The lowest BCUT2D eigenvalue weighted by molar-refractivity contribution is 0.0339. The molecule has 1 atom stereocenters. The van der Waals surface area contributed by atoms with Crippen molar-refractivity contribution >= 4 is 22.6 Å². The third kappa shape index (κ3) is 3.21. The van der Waals surface area contributed by atoms with Crippen LogP contribution in [0.2, 0.25) is 0 Å². The van der Waals surface area contributed by atoms with Crippen LogP contribution in [-0.2, 0) is 0 Å². The summed E-state index contributed by atoms with van der Waals surface area (Å²) in [5, 5.41) is 14.1. The number of anilines is 1. The van der Waals surface area contributed by atoms with Gasteiger partial charge in [0, 0.05) is 11.6 Å². The van der Waals surface area contributed by atoms with Gasteiger partial charge in [0.05, 0.1) is 30.1 Å². The maximum atomic E-state index is 11.3. The maximum Gasteiger partial charge on any atom is 0.268 e. The van der Waals surface area contributed by atoms with Gasteiger partial charge in [-0.3, -0.25) is 14.8 Å². The zero-order valence-corrected chi connectivity index (χ0v) is 14.0. The van der Waals surface area contributed by atoms with Crippen LogP contribution in [0.15, 0.2) is 48.9 Å². The van der Waals surface area contributed by atoms with Crippen molar-refractivity contribution in [2.75, 3.05) is 5.32 Å². The number of hydrogen-bond donors (Lipinski definition) is 3. The second-order valence-electron chi connectivity index (χ2n) is 6.62. The van der Waals surface area contributed by atoms with E-state index < -0.39 is 5.91 Å². The molecule has 132 valence electrons. The Morgan fingerprint density at radius 2 is 2.04 bits per heavy atom. The molecule has 4 rings (SSSR count). The number of amides is 1. The highest BCUT2D eigenvalue weighted by molar-refractivity contribution is 5.90. The maximum absolute atomic E-state index is 11.3. The molecule has 0 saturated heterocycles. The van der Waals surface area contributed by atoms with Crippen molar-refractivity contribution in [2.24, 2.45) is 11.7 Å². The summed E-state index contributed by atoms with van der Waals surface area (Å²) < 4.78 is 0. The van der Waals surface area contributed by atoms with Crippen molar-refractivity contribution in [3.8, 4) is 0 Å². The average Bonchev–Trinajstić information content (AvgIpc) is 2.63. The number of fused-ring (bicyclic) bond motifs is 1. The summed E-state index contributed by atoms with van der Waals surface area (Å²) in [5.74, 6) is 0.0944. The first kappa shape index (κ1) is 16.4. The Kier molecular flexibility index (Phi) is 4.22. The number of primary amides is 1. The van der Waals surface area contributed by atoms with E-state index in [0.717, 1.165) is 16.5 Å². The van der Waals surface area contributed by atoms with E-state index in [0.29, 0.717) is 18.7 Å². The molecule has 7 nitrogen and oxygen atoms in total. The van der Waals surface area contributed by atoms with Gasteiger partial charge in [-0.2, -0.15) is 0 Å². The highest BCUT2D eigenvalue weighted by Crippen LogP contribution is 2.40. The number of nitrogens with one attached hydrogen (secondary N) is 1. The predicted octanol–water partition coefficient (Wildman–Crippen LogP) is 2.05. The van der Waals surface area contributed by atoms with E-state index >= 15 is 0 Å². The fraction of sp³-hybridized carbons (Fsp3) is 0.263. The van der Waals surface area contributed by atoms with E-state index in [1.54, 1.807) is 6.20 Å². The number of pyridine rings is 1. The number of aromatic nitrogens is 3. The molecule has 26 heavy (non-hydrogen) atoms. The molecular weight excluding hydrogens is 330 g/mol. The largest absolute Gasteiger partial charge is 0.393 e. The molecule has 2 aromatic heterocycles. The first-order chi connectivity index (χ1) is 12.6. The van der Waals surface area contributed by atoms with Crippen LogP contribution in [0.4, 0.5) is 5.82 Å². The minimum Gasteiger partial charge on any atom is -0.393 e. The number of aliphatic hydroxyl groups excluding tert-OH is 1. The van der Waals surface area contributed by atoms with Gasteiger partial charge >= 0.3 is 0 Å². The minimum atomic E-state index is -0.621. The molecule has 0 bridgehead atoms. The van der Waals surface area contributed by atoms with Gasteiger partial charge in [-0.25, -0.2) is 4.98 Å². The molecule has 1 fully saturated rings. The zero-order valence-electron chi connectivity index (χ0n) is 14.0. The number of nitrogens with zero attached hydrogens (tertiary/aromatic N) is 3. The number of hydrogen-bond acceptors (Lipinski definition) is 6. The van der Waals surface area contributed by atoms with Crippen molar-refractivity contribution in [1.29, 1.82) is 0 Å². The van der Waals surface area contributed by atoms with Crippen molar-refractivity contribution in [1.82, 2.24) is 15.0 Å². The van der Waals surface area contributed by atoms with Gasteiger partial charge in [0.25, 0.3) is 5.91 Å². The number of para-hydroxylation sites is 1. The molecule has 2 heterocycles. The van der Waals surface area contributed by atoms with Gasteiger partial charge in [0.1, 0.15) is 11.5 Å². The number of benzene rings is 1. The Hall–Kier alpha value is -3.06. The van der Waals surface area contributed by atoms with E-state index in [4.69, 9.17) is 5.73 Å². The third-order valence-electron chi connectivity index (χ3n) is 4.78. The molecule has 1 aliphatic rings. The van der Waals surface area contributed by atoms with Crippen LogP contribution in [0, 0.1) is 5.92 Å². The summed E-state index contributed by atoms with van der Waals surface area (Å²) in [6.07, 6.45) is 5.87. The molecule has 1 aromatic carbocycles. The van der Waals surface area contributed by atoms with E-state index in [-0.39, 0.29) is 23.8 Å². The molecular formula is C19H19N5O2. The number of carbonyl (C=O) groups excluding carboxylic acids is 1. The summed E-state index contributed by atoms with van der Waals surface area (Å²) in [4.78, 5) is 24.1.